The molecule has 0 aliphatic carbocycles. The van der Waals surface area contributed by atoms with Gasteiger partial charge in [-0.15, -0.1) is 0 Å². The number of benzene rings is 1. The lowest BCUT2D eigenvalue weighted by molar-refractivity contribution is 0.172. The number of aryl methyl sites for hydroxylation is 1. The number of nitrogens with one attached hydrogen (secondary N) is 2. The maximum atomic E-state index is 11.9. The Labute approximate surface area is 148 Å². The predicted molar refractivity (Wildman–Crippen MR) is 96.2 cm³/mol. The minimum absolute atomic E-state index is 0.145. The van der Waals surface area contributed by atoms with Crippen LogP contribution in [0.5, 0.6) is 0 Å². The molecule has 0 saturated carbocycles. The topological polar surface area (TPSA) is 87.4 Å². The van der Waals surface area contributed by atoms with Crippen LogP contribution in [0, 0.1) is 6.92 Å². The van der Waals surface area contributed by atoms with Gasteiger partial charge in [-0.05, 0) is 30.9 Å². The summed E-state index contributed by atoms with van der Waals surface area (Å²) in [4.78, 5) is 11.9. The molecular weight excluding hydrogens is 318 g/mol. The van der Waals surface area contributed by atoms with Crippen molar-refractivity contribution >= 4 is 6.03 Å². The van der Waals surface area contributed by atoms with Crippen molar-refractivity contribution < 1.29 is 14.4 Å². The van der Waals surface area contributed by atoms with Crippen molar-refractivity contribution in [2.45, 2.75) is 52.2 Å². The maximum Gasteiger partial charge on any atom is 0.315 e. The molecule has 6 nitrogen and oxygen atoms in total. The SMILES string of the molecule is CCC(CC)c1cc(CNC(=O)NCC(O)c2ccccc2C)on1. The van der Waals surface area contributed by atoms with E-state index in [0.717, 1.165) is 29.7 Å². The van der Waals surface area contributed by atoms with E-state index in [1.54, 1.807) is 0 Å². The molecule has 1 heterocycles. The molecule has 0 spiro atoms. The smallest absolute Gasteiger partial charge is 0.315 e. The molecule has 25 heavy (non-hydrogen) atoms. The molecule has 1 atom stereocenters. The third-order valence-corrected chi connectivity index (χ3v) is 4.41. The molecule has 2 aromatic rings. The number of rotatable bonds is 8. The van der Waals surface area contributed by atoms with Crippen molar-refractivity contribution in [2.24, 2.45) is 0 Å². The van der Waals surface area contributed by atoms with Gasteiger partial charge in [-0.1, -0.05) is 43.3 Å². The zero-order chi connectivity index (χ0) is 18.2. The number of hydrogen-bond donors (Lipinski definition) is 3. The van der Waals surface area contributed by atoms with E-state index in [9.17, 15) is 9.90 Å². The van der Waals surface area contributed by atoms with Crippen LogP contribution in [0.15, 0.2) is 34.9 Å². The number of carbonyl (C=O) groups excluding carboxylic acids is 1. The molecule has 0 saturated heterocycles. The second-order valence-electron chi connectivity index (χ2n) is 6.17. The van der Waals surface area contributed by atoms with Gasteiger partial charge in [0.05, 0.1) is 18.3 Å². The highest BCUT2D eigenvalue weighted by Gasteiger charge is 2.14. The first-order valence-electron chi connectivity index (χ1n) is 8.75. The van der Waals surface area contributed by atoms with Gasteiger partial charge in [0.1, 0.15) is 0 Å². The quantitative estimate of drug-likeness (QED) is 0.684. The molecule has 1 aromatic heterocycles. The summed E-state index contributed by atoms with van der Waals surface area (Å²) in [6.45, 7) is 6.58. The molecule has 0 aliphatic heterocycles. The molecule has 0 aliphatic rings. The van der Waals surface area contributed by atoms with E-state index >= 15 is 0 Å². The summed E-state index contributed by atoms with van der Waals surface area (Å²) in [5.41, 5.74) is 2.73. The first kappa shape index (κ1) is 19.0. The predicted octanol–water partition coefficient (Wildman–Crippen LogP) is 3.42. The Morgan fingerprint density at radius 1 is 1.24 bits per heavy atom. The highest BCUT2D eigenvalue weighted by molar-refractivity contribution is 5.73. The van der Waals surface area contributed by atoms with Crippen LogP contribution in [0.3, 0.4) is 0 Å². The molecule has 0 fully saturated rings. The van der Waals surface area contributed by atoms with Gasteiger partial charge in [0.15, 0.2) is 5.76 Å². The number of hydrogen-bond acceptors (Lipinski definition) is 4. The highest BCUT2D eigenvalue weighted by Crippen LogP contribution is 2.22. The number of urea groups is 1. The summed E-state index contributed by atoms with van der Waals surface area (Å²) in [5.74, 6) is 1.01. The lowest BCUT2D eigenvalue weighted by Crippen LogP contribution is -2.37. The van der Waals surface area contributed by atoms with E-state index in [4.69, 9.17) is 4.52 Å². The van der Waals surface area contributed by atoms with Gasteiger partial charge in [0.2, 0.25) is 0 Å². The molecule has 2 rings (SSSR count). The van der Waals surface area contributed by atoms with Crippen LogP contribution in [0.1, 0.15) is 61.3 Å². The first-order valence-corrected chi connectivity index (χ1v) is 8.75. The molecule has 1 unspecified atom stereocenters. The van der Waals surface area contributed by atoms with Gasteiger partial charge in [-0.3, -0.25) is 0 Å². The fourth-order valence-corrected chi connectivity index (χ4v) is 2.80. The Balaban J connectivity index is 1.78. The fraction of sp³-hybridized carbons (Fsp3) is 0.474. The van der Waals surface area contributed by atoms with Gasteiger partial charge < -0.3 is 20.3 Å². The zero-order valence-corrected chi connectivity index (χ0v) is 15.1. The maximum absolute atomic E-state index is 11.9. The summed E-state index contributed by atoms with van der Waals surface area (Å²) < 4.78 is 5.27. The Morgan fingerprint density at radius 2 is 1.96 bits per heavy atom. The summed E-state index contributed by atoms with van der Waals surface area (Å²) in [6, 6.07) is 9.10. The van der Waals surface area contributed by atoms with Crippen LogP contribution in [0.4, 0.5) is 4.79 Å². The van der Waals surface area contributed by atoms with Crippen LogP contribution in [0.25, 0.3) is 0 Å². The number of aliphatic hydroxyl groups is 1. The third-order valence-electron chi connectivity index (χ3n) is 4.41. The highest BCUT2D eigenvalue weighted by atomic mass is 16.5. The molecule has 136 valence electrons. The van der Waals surface area contributed by atoms with Crippen molar-refractivity contribution in [1.29, 1.82) is 0 Å². The summed E-state index contributed by atoms with van der Waals surface area (Å²) in [6.07, 6.45) is 1.28. The van der Waals surface area contributed by atoms with Crippen molar-refractivity contribution in [1.82, 2.24) is 15.8 Å². The Bertz CT molecular complexity index is 680. The van der Waals surface area contributed by atoms with Gasteiger partial charge >= 0.3 is 6.03 Å². The number of amides is 2. The minimum Gasteiger partial charge on any atom is -0.387 e. The average Bonchev–Trinajstić information content (AvgIpc) is 3.08. The Hall–Kier alpha value is -2.34. The summed E-state index contributed by atoms with van der Waals surface area (Å²) >= 11 is 0. The summed E-state index contributed by atoms with van der Waals surface area (Å²) in [7, 11) is 0. The van der Waals surface area contributed by atoms with Crippen molar-refractivity contribution in [2.75, 3.05) is 6.54 Å². The molecule has 0 bridgehead atoms. The van der Waals surface area contributed by atoms with E-state index in [0.29, 0.717) is 11.7 Å². The first-order chi connectivity index (χ1) is 12.0. The van der Waals surface area contributed by atoms with Crippen molar-refractivity contribution in [3.8, 4) is 0 Å². The molecular formula is C19H27N3O3. The van der Waals surface area contributed by atoms with Crippen LogP contribution in [-0.2, 0) is 6.54 Å². The molecule has 1 aromatic carbocycles. The van der Waals surface area contributed by atoms with Gasteiger partial charge in [0, 0.05) is 18.5 Å². The van der Waals surface area contributed by atoms with Crippen LogP contribution >= 0.6 is 0 Å². The van der Waals surface area contributed by atoms with Crippen LogP contribution in [-0.4, -0.2) is 22.8 Å². The largest absolute Gasteiger partial charge is 0.387 e. The van der Waals surface area contributed by atoms with E-state index in [2.05, 4.69) is 29.6 Å². The minimum atomic E-state index is -0.737. The van der Waals surface area contributed by atoms with E-state index in [-0.39, 0.29) is 19.1 Å². The van der Waals surface area contributed by atoms with E-state index < -0.39 is 6.10 Å². The van der Waals surface area contributed by atoms with E-state index in [1.807, 2.05) is 37.3 Å². The van der Waals surface area contributed by atoms with Crippen LogP contribution in [0.2, 0.25) is 0 Å². The molecule has 0 radical (unpaired) electrons. The Morgan fingerprint density at radius 3 is 2.64 bits per heavy atom. The number of carbonyl (C=O) groups is 1. The zero-order valence-electron chi connectivity index (χ0n) is 15.1. The Kier molecular flexibility index (Phi) is 7.01. The average molecular weight is 345 g/mol. The normalized spacial score (nSPS) is 12.2. The fourth-order valence-electron chi connectivity index (χ4n) is 2.80. The van der Waals surface area contributed by atoms with Crippen molar-refractivity contribution in [3.63, 3.8) is 0 Å². The molecule has 6 heteroatoms. The molecule has 3 N–H and O–H groups in total. The summed E-state index contributed by atoms with van der Waals surface area (Å²) in [5, 5.41) is 19.6. The third kappa shape index (κ3) is 5.32. The van der Waals surface area contributed by atoms with Gasteiger partial charge in [-0.25, -0.2) is 4.79 Å². The number of nitrogens with zero attached hydrogens (tertiary/aromatic N) is 1. The monoisotopic (exact) mass is 345 g/mol. The van der Waals surface area contributed by atoms with Crippen LogP contribution < -0.4 is 10.6 Å². The number of aliphatic hydroxyl groups excluding tert-OH is 1. The second-order valence-corrected chi connectivity index (χ2v) is 6.17. The lowest BCUT2D eigenvalue weighted by Gasteiger charge is -2.14. The van der Waals surface area contributed by atoms with E-state index in [1.165, 1.54) is 0 Å². The van der Waals surface area contributed by atoms with Crippen molar-refractivity contribution in [3.05, 3.63) is 52.9 Å². The van der Waals surface area contributed by atoms with Gasteiger partial charge in [-0.2, -0.15) is 0 Å². The lowest BCUT2D eigenvalue weighted by atomic mass is 9.99. The number of aromatic nitrogens is 1. The van der Waals surface area contributed by atoms with Gasteiger partial charge in [0.25, 0.3) is 0 Å². The standard InChI is InChI=1S/C19H27N3O3/c1-4-14(5-2)17-10-15(25-22-17)11-20-19(24)21-12-18(23)16-9-7-6-8-13(16)3/h6-10,14,18,23H,4-5,11-12H2,1-3H3,(H2,20,21,24). The second kappa shape index (κ2) is 9.22. The molecule has 2 amide bonds.